The summed E-state index contributed by atoms with van der Waals surface area (Å²) in [5, 5.41) is 12.8. The van der Waals surface area contributed by atoms with Crippen LogP contribution < -0.4 is 5.32 Å². The summed E-state index contributed by atoms with van der Waals surface area (Å²) in [6.45, 7) is 2.35. The van der Waals surface area contributed by atoms with Crippen LogP contribution in [0.3, 0.4) is 0 Å². The van der Waals surface area contributed by atoms with E-state index in [0.29, 0.717) is 27.8 Å². The first-order chi connectivity index (χ1) is 11.4. The first-order valence-electron chi connectivity index (χ1n) is 7.36. The number of nitrogens with one attached hydrogen (secondary N) is 1. The van der Waals surface area contributed by atoms with E-state index in [1.54, 1.807) is 36.4 Å². The molecule has 1 N–H and O–H groups in total. The number of amides is 1. The topological polar surface area (TPSA) is 56.1 Å². The van der Waals surface area contributed by atoms with E-state index in [1.807, 2.05) is 31.0 Å². The second-order valence-corrected chi connectivity index (χ2v) is 6.35. The fraction of sp³-hybridized carbons (Fsp3) is 0.222. The predicted octanol–water partition coefficient (Wildman–Crippen LogP) is 4.32. The van der Waals surface area contributed by atoms with Crippen LogP contribution in [0.15, 0.2) is 42.5 Å². The molecule has 0 aromatic heterocycles. The van der Waals surface area contributed by atoms with E-state index in [1.165, 1.54) is 0 Å². The SMILES string of the molecule is CC(C(=O)Nc1ccc(C#N)cc1)N(C)Cc1ccc(Cl)cc1Cl. The van der Waals surface area contributed by atoms with E-state index in [0.717, 1.165) is 5.56 Å². The quantitative estimate of drug-likeness (QED) is 0.862. The molecule has 0 heterocycles. The molecule has 0 radical (unpaired) electrons. The second kappa shape index (κ2) is 8.16. The van der Waals surface area contributed by atoms with E-state index in [2.05, 4.69) is 5.32 Å². The van der Waals surface area contributed by atoms with Crippen LogP contribution in [0.4, 0.5) is 5.69 Å². The van der Waals surface area contributed by atoms with Crippen molar-refractivity contribution in [1.82, 2.24) is 4.90 Å². The van der Waals surface area contributed by atoms with Gasteiger partial charge in [-0.25, -0.2) is 0 Å². The molecule has 0 spiro atoms. The minimum atomic E-state index is -0.354. The molecule has 124 valence electrons. The normalized spacial score (nSPS) is 11.8. The maximum atomic E-state index is 12.4. The van der Waals surface area contributed by atoms with E-state index in [9.17, 15) is 4.79 Å². The largest absolute Gasteiger partial charge is 0.325 e. The van der Waals surface area contributed by atoms with Gasteiger partial charge in [0.1, 0.15) is 0 Å². The number of nitrogens with zero attached hydrogens (tertiary/aromatic N) is 2. The fourth-order valence-corrected chi connectivity index (χ4v) is 2.60. The maximum absolute atomic E-state index is 12.4. The summed E-state index contributed by atoms with van der Waals surface area (Å²) in [7, 11) is 1.86. The third kappa shape index (κ3) is 4.72. The average molecular weight is 362 g/mol. The number of carbonyl (C=O) groups excluding carboxylic acids is 1. The first-order valence-corrected chi connectivity index (χ1v) is 8.11. The van der Waals surface area contributed by atoms with E-state index < -0.39 is 0 Å². The molecule has 0 bridgehead atoms. The van der Waals surface area contributed by atoms with Crippen LogP contribution in [0.25, 0.3) is 0 Å². The van der Waals surface area contributed by atoms with Crippen molar-refractivity contribution < 1.29 is 4.79 Å². The number of halogens is 2. The molecule has 2 rings (SSSR count). The zero-order chi connectivity index (χ0) is 17.7. The molecule has 0 saturated heterocycles. The fourth-order valence-electron chi connectivity index (χ4n) is 2.13. The molecule has 0 aliphatic carbocycles. The first kappa shape index (κ1) is 18.3. The van der Waals surface area contributed by atoms with Crippen molar-refractivity contribution in [3.63, 3.8) is 0 Å². The summed E-state index contributed by atoms with van der Waals surface area (Å²) in [5.41, 5.74) is 2.11. The summed E-state index contributed by atoms with van der Waals surface area (Å²) in [6.07, 6.45) is 0. The highest BCUT2D eigenvalue weighted by atomic mass is 35.5. The van der Waals surface area contributed by atoms with Crippen LogP contribution in [0, 0.1) is 11.3 Å². The van der Waals surface area contributed by atoms with Gasteiger partial charge in [0.2, 0.25) is 5.91 Å². The van der Waals surface area contributed by atoms with Crippen molar-refractivity contribution in [3.8, 4) is 6.07 Å². The van der Waals surface area contributed by atoms with E-state index in [4.69, 9.17) is 28.5 Å². The molecule has 6 heteroatoms. The van der Waals surface area contributed by atoms with Crippen molar-refractivity contribution in [1.29, 1.82) is 5.26 Å². The highest BCUT2D eigenvalue weighted by Crippen LogP contribution is 2.22. The number of nitriles is 1. The molecular formula is C18H17Cl2N3O. The number of likely N-dealkylation sites (N-methyl/N-ethyl adjacent to an activating group) is 1. The Kier molecular flexibility index (Phi) is 6.22. The van der Waals surface area contributed by atoms with Gasteiger partial charge in [0.05, 0.1) is 17.7 Å². The minimum absolute atomic E-state index is 0.132. The number of hydrogen-bond donors (Lipinski definition) is 1. The number of hydrogen-bond acceptors (Lipinski definition) is 3. The van der Waals surface area contributed by atoms with Crippen molar-refractivity contribution in [2.24, 2.45) is 0 Å². The third-order valence-electron chi connectivity index (χ3n) is 3.76. The van der Waals surface area contributed by atoms with Gasteiger partial charge in [-0.05, 0) is 55.9 Å². The Morgan fingerprint density at radius 3 is 2.50 bits per heavy atom. The standard InChI is InChI=1S/C18H17Cl2N3O/c1-12(18(24)22-16-7-3-13(10-21)4-8-16)23(2)11-14-5-6-15(19)9-17(14)20/h3-9,12H,11H2,1-2H3,(H,22,24). The molecule has 4 nitrogen and oxygen atoms in total. The summed E-state index contributed by atoms with van der Waals surface area (Å²) in [6, 6.07) is 13.7. The molecule has 1 amide bonds. The highest BCUT2D eigenvalue weighted by Gasteiger charge is 2.19. The summed E-state index contributed by atoms with van der Waals surface area (Å²) in [4.78, 5) is 14.3. The Morgan fingerprint density at radius 1 is 1.25 bits per heavy atom. The lowest BCUT2D eigenvalue weighted by molar-refractivity contribution is -0.120. The van der Waals surface area contributed by atoms with E-state index >= 15 is 0 Å². The van der Waals surface area contributed by atoms with Gasteiger partial charge in [-0.2, -0.15) is 5.26 Å². The van der Waals surface area contributed by atoms with Crippen LogP contribution in [0.5, 0.6) is 0 Å². The number of carbonyl (C=O) groups is 1. The second-order valence-electron chi connectivity index (χ2n) is 5.51. The zero-order valence-electron chi connectivity index (χ0n) is 13.4. The molecule has 1 atom stereocenters. The van der Waals surface area contributed by atoms with Crippen molar-refractivity contribution >= 4 is 34.8 Å². The van der Waals surface area contributed by atoms with Gasteiger partial charge >= 0.3 is 0 Å². The van der Waals surface area contributed by atoms with Crippen LogP contribution in [0.2, 0.25) is 10.0 Å². The molecule has 2 aromatic carbocycles. The number of rotatable bonds is 5. The summed E-state index contributed by atoms with van der Waals surface area (Å²) >= 11 is 12.1. The minimum Gasteiger partial charge on any atom is -0.325 e. The number of anilines is 1. The molecule has 1 unspecified atom stereocenters. The van der Waals surface area contributed by atoms with Gasteiger partial charge in [-0.3, -0.25) is 9.69 Å². The zero-order valence-corrected chi connectivity index (χ0v) is 14.9. The lowest BCUT2D eigenvalue weighted by Gasteiger charge is -2.24. The lowest BCUT2D eigenvalue weighted by atomic mass is 10.1. The van der Waals surface area contributed by atoms with Gasteiger partial charge in [0.25, 0.3) is 0 Å². The van der Waals surface area contributed by atoms with Crippen LogP contribution in [0.1, 0.15) is 18.1 Å². The maximum Gasteiger partial charge on any atom is 0.241 e. The van der Waals surface area contributed by atoms with Gasteiger partial charge in [0.15, 0.2) is 0 Å². The monoisotopic (exact) mass is 361 g/mol. The van der Waals surface area contributed by atoms with Crippen LogP contribution >= 0.6 is 23.2 Å². The molecule has 0 fully saturated rings. The van der Waals surface area contributed by atoms with Crippen molar-refractivity contribution in [2.75, 3.05) is 12.4 Å². The predicted molar refractivity (Wildman–Crippen MR) is 97.2 cm³/mol. The third-order valence-corrected chi connectivity index (χ3v) is 4.34. The molecule has 0 saturated carbocycles. The lowest BCUT2D eigenvalue weighted by Crippen LogP contribution is -2.39. The average Bonchev–Trinajstić information content (AvgIpc) is 2.57. The molecule has 0 aliphatic heterocycles. The number of benzene rings is 2. The molecular weight excluding hydrogens is 345 g/mol. The van der Waals surface area contributed by atoms with Crippen molar-refractivity contribution in [3.05, 3.63) is 63.6 Å². The summed E-state index contributed by atoms with van der Waals surface area (Å²) in [5.74, 6) is -0.132. The van der Waals surface area contributed by atoms with Gasteiger partial charge in [0, 0.05) is 22.3 Å². The smallest absolute Gasteiger partial charge is 0.241 e. The van der Waals surface area contributed by atoms with Crippen LogP contribution in [-0.4, -0.2) is 23.9 Å². The van der Waals surface area contributed by atoms with Gasteiger partial charge in [-0.1, -0.05) is 29.3 Å². The van der Waals surface area contributed by atoms with Gasteiger partial charge in [-0.15, -0.1) is 0 Å². The molecule has 2 aromatic rings. The van der Waals surface area contributed by atoms with Gasteiger partial charge < -0.3 is 5.32 Å². The molecule has 0 aliphatic rings. The Bertz CT molecular complexity index is 769. The van der Waals surface area contributed by atoms with E-state index in [-0.39, 0.29) is 11.9 Å². The summed E-state index contributed by atoms with van der Waals surface area (Å²) < 4.78 is 0. The Hall–Kier alpha value is -2.06. The Labute approximate surface area is 151 Å². The molecule has 24 heavy (non-hydrogen) atoms. The Morgan fingerprint density at radius 2 is 1.92 bits per heavy atom. The highest BCUT2D eigenvalue weighted by molar-refractivity contribution is 6.35. The van der Waals surface area contributed by atoms with Crippen LogP contribution in [-0.2, 0) is 11.3 Å². The Balaban J connectivity index is 1.99. The van der Waals surface area contributed by atoms with Crippen molar-refractivity contribution in [2.45, 2.75) is 19.5 Å².